The van der Waals surface area contributed by atoms with Crippen molar-refractivity contribution in [1.82, 2.24) is 0 Å². The van der Waals surface area contributed by atoms with E-state index >= 15 is 0 Å². The molecule has 0 heterocycles. The van der Waals surface area contributed by atoms with Gasteiger partial charge in [-0.3, -0.25) is 0 Å². The monoisotopic (exact) mass is 210 g/mol. The van der Waals surface area contributed by atoms with Crippen LogP contribution in [0.5, 0.6) is 0 Å². The summed E-state index contributed by atoms with van der Waals surface area (Å²) in [5.41, 5.74) is -1.17. The Morgan fingerprint density at radius 3 is 2.31 bits per heavy atom. The smallest absolute Gasteiger partial charge is 0.392 e. The van der Waals surface area contributed by atoms with E-state index < -0.39 is 18.3 Å². The van der Waals surface area contributed by atoms with E-state index in [1.165, 1.54) is 12.1 Å². The Morgan fingerprint density at radius 2 is 1.92 bits per heavy atom. The largest absolute Gasteiger partial charge is 0.418 e. The maximum atomic E-state index is 12.3. The van der Waals surface area contributed by atoms with Crippen LogP contribution in [0, 0.1) is 0 Å². The highest BCUT2D eigenvalue weighted by atomic mass is 35.5. The molecule has 0 atom stereocenters. The summed E-state index contributed by atoms with van der Waals surface area (Å²) in [6.45, 7) is -0.671. The van der Waals surface area contributed by atoms with Crippen molar-refractivity contribution >= 4 is 11.6 Å². The molecule has 72 valence electrons. The Labute approximate surface area is 77.8 Å². The van der Waals surface area contributed by atoms with Crippen LogP contribution in [0.3, 0.4) is 0 Å². The maximum Gasteiger partial charge on any atom is 0.418 e. The zero-order valence-electron chi connectivity index (χ0n) is 6.40. The second-order valence-corrected chi connectivity index (χ2v) is 2.84. The van der Waals surface area contributed by atoms with E-state index in [1.807, 2.05) is 0 Å². The lowest BCUT2D eigenvalue weighted by atomic mass is 10.1. The van der Waals surface area contributed by atoms with E-state index in [9.17, 15) is 13.2 Å². The van der Waals surface area contributed by atoms with Gasteiger partial charge in [-0.1, -0.05) is 23.7 Å². The quantitative estimate of drug-likeness (QED) is 0.756. The molecule has 0 bridgehead atoms. The molecule has 1 rings (SSSR count). The zero-order chi connectivity index (χ0) is 10.1. The average Bonchev–Trinajstić information content (AvgIpc) is 2.01. The Balaban J connectivity index is 3.32. The summed E-state index contributed by atoms with van der Waals surface area (Å²) in [6.07, 6.45) is -4.52. The van der Waals surface area contributed by atoms with Gasteiger partial charge in [-0.2, -0.15) is 13.2 Å². The summed E-state index contributed by atoms with van der Waals surface area (Å²) in [7, 11) is 0. The fourth-order valence-electron chi connectivity index (χ4n) is 1.02. The predicted molar refractivity (Wildman–Crippen MR) is 42.4 cm³/mol. The summed E-state index contributed by atoms with van der Waals surface area (Å²) < 4.78 is 36.9. The fraction of sp³-hybridized carbons (Fsp3) is 0.250. The predicted octanol–water partition coefficient (Wildman–Crippen LogP) is 2.85. The van der Waals surface area contributed by atoms with Crippen molar-refractivity contribution in [1.29, 1.82) is 0 Å². The number of hydrogen-bond acceptors (Lipinski definition) is 1. The van der Waals surface area contributed by atoms with E-state index in [1.54, 1.807) is 0 Å². The van der Waals surface area contributed by atoms with Crippen LogP contribution in [-0.4, -0.2) is 5.11 Å². The molecular weight excluding hydrogens is 205 g/mol. The maximum absolute atomic E-state index is 12.3. The molecule has 0 aliphatic heterocycles. The first-order valence-corrected chi connectivity index (χ1v) is 3.80. The van der Waals surface area contributed by atoms with E-state index in [2.05, 4.69) is 0 Å². The minimum absolute atomic E-state index is 0.208. The van der Waals surface area contributed by atoms with Crippen LogP contribution in [0.2, 0.25) is 5.02 Å². The molecule has 0 spiro atoms. The minimum atomic E-state index is -4.52. The average molecular weight is 211 g/mol. The number of hydrogen-bond donors (Lipinski definition) is 1. The van der Waals surface area contributed by atoms with E-state index in [0.717, 1.165) is 6.07 Å². The zero-order valence-corrected chi connectivity index (χ0v) is 7.15. The number of aliphatic hydroxyl groups is 1. The summed E-state index contributed by atoms with van der Waals surface area (Å²) in [5, 5.41) is 8.26. The molecule has 13 heavy (non-hydrogen) atoms. The topological polar surface area (TPSA) is 20.2 Å². The van der Waals surface area contributed by atoms with Crippen molar-refractivity contribution in [2.45, 2.75) is 12.8 Å². The molecule has 0 unspecified atom stereocenters. The molecule has 0 fully saturated rings. The lowest BCUT2D eigenvalue weighted by molar-refractivity contribution is -0.138. The first-order valence-electron chi connectivity index (χ1n) is 3.42. The lowest BCUT2D eigenvalue weighted by Crippen LogP contribution is -2.09. The van der Waals surface area contributed by atoms with Crippen LogP contribution in [0.4, 0.5) is 13.2 Å². The van der Waals surface area contributed by atoms with Crippen LogP contribution >= 0.6 is 11.6 Å². The van der Waals surface area contributed by atoms with E-state index in [4.69, 9.17) is 16.7 Å². The standard InChI is InChI=1S/C8H6ClF3O/c9-6-3-1-2-5(4-13)7(6)8(10,11)12/h1-3,13H,4H2. The van der Waals surface area contributed by atoms with Crippen LogP contribution in [0.1, 0.15) is 11.1 Å². The minimum Gasteiger partial charge on any atom is -0.392 e. The SMILES string of the molecule is OCc1cccc(Cl)c1C(F)(F)F. The van der Waals surface area contributed by atoms with Gasteiger partial charge < -0.3 is 5.11 Å². The van der Waals surface area contributed by atoms with Gasteiger partial charge in [0.15, 0.2) is 0 Å². The number of aliphatic hydroxyl groups excluding tert-OH is 1. The molecule has 0 radical (unpaired) electrons. The number of alkyl halides is 3. The third kappa shape index (κ3) is 2.14. The first-order chi connectivity index (χ1) is 5.96. The third-order valence-electron chi connectivity index (χ3n) is 1.55. The molecule has 0 aliphatic rings. The second kappa shape index (κ2) is 3.55. The number of halogens is 4. The van der Waals surface area contributed by atoms with Crippen molar-refractivity contribution < 1.29 is 18.3 Å². The lowest BCUT2D eigenvalue weighted by Gasteiger charge is -2.12. The molecule has 1 aromatic rings. The van der Waals surface area contributed by atoms with Crippen molar-refractivity contribution in [2.24, 2.45) is 0 Å². The molecule has 1 aromatic carbocycles. The van der Waals surface area contributed by atoms with Crippen LogP contribution < -0.4 is 0 Å². The highest BCUT2D eigenvalue weighted by Gasteiger charge is 2.35. The normalized spacial score (nSPS) is 11.8. The number of rotatable bonds is 1. The second-order valence-electron chi connectivity index (χ2n) is 2.43. The van der Waals surface area contributed by atoms with Gasteiger partial charge in [0.05, 0.1) is 17.2 Å². The van der Waals surface area contributed by atoms with Gasteiger partial charge in [0, 0.05) is 0 Å². The molecule has 5 heteroatoms. The van der Waals surface area contributed by atoms with Gasteiger partial charge in [-0.15, -0.1) is 0 Å². The van der Waals surface area contributed by atoms with Crippen LogP contribution in [-0.2, 0) is 12.8 Å². The van der Waals surface area contributed by atoms with Crippen molar-refractivity contribution in [2.75, 3.05) is 0 Å². The summed E-state index contributed by atoms with van der Waals surface area (Å²) >= 11 is 5.36. The van der Waals surface area contributed by atoms with E-state index in [0.29, 0.717) is 0 Å². The van der Waals surface area contributed by atoms with Gasteiger partial charge in [-0.25, -0.2) is 0 Å². The van der Waals surface area contributed by atoms with Crippen LogP contribution in [0.15, 0.2) is 18.2 Å². The Kier molecular flexibility index (Phi) is 2.83. The Bertz CT molecular complexity index is 309. The summed E-state index contributed by atoms with van der Waals surface area (Å²) in [5.74, 6) is 0. The Morgan fingerprint density at radius 1 is 1.31 bits per heavy atom. The Hall–Kier alpha value is -0.740. The third-order valence-corrected chi connectivity index (χ3v) is 1.87. The van der Waals surface area contributed by atoms with Gasteiger partial charge in [-0.05, 0) is 11.6 Å². The molecule has 1 nitrogen and oxygen atoms in total. The fourth-order valence-corrected chi connectivity index (χ4v) is 1.32. The molecule has 1 N–H and O–H groups in total. The highest BCUT2D eigenvalue weighted by Crippen LogP contribution is 2.36. The molecule has 0 saturated heterocycles. The summed E-state index contributed by atoms with van der Waals surface area (Å²) in [4.78, 5) is 0. The first kappa shape index (κ1) is 10.3. The highest BCUT2D eigenvalue weighted by molar-refractivity contribution is 6.31. The molecular formula is C8H6ClF3O. The van der Waals surface area contributed by atoms with Crippen LogP contribution in [0.25, 0.3) is 0 Å². The molecule has 0 amide bonds. The van der Waals surface area contributed by atoms with Gasteiger partial charge in [0.2, 0.25) is 0 Å². The van der Waals surface area contributed by atoms with Gasteiger partial charge in [0.25, 0.3) is 0 Å². The number of benzene rings is 1. The molecule has 0 aromatic heterocycles. The van der Waals surface area contributed by atoms with Crippen molar-refractivity contribution in [3.63, 3.8) is 0 Å². The molecule has 0 aliphatic carbocycles. The van der Waals surface area contributed by atoms with Gasteiger partial charge >= 0.3 is 6.18 Å². The van der Waals surface area contributed by atoms with E-state index in [-0.39, 0.29) is 10.6 Å². The van der Waals surface area contributed by atoms with Gasteiger partial charge in [0.1, 0.15) is 0 Å². The summed E-state index contributed by atoms with van der Waals surface area (Å²) in [6, 6.07) is 3.70. The van der Waals surface area contributed by atoms with Crippen molar-refractivity contribution in [3.8, 4) is 0 Å². The molecule has 0 saturated carbocycles. The van der Waals surface area contributed by atoms with Crippen molar-refractivity contribution in [3.05, 3.63) is 34.3 Å².